The van der Waals surface area contributed by atoms with Crippen LogP contribution in [0.5, 0.6) is 0 Å². The van der Waals surface area contributed by atoms with Crippen LogP contribution in [-0.4, -0.2) is 12.5 Å². The van der Waals surface area contributed by atoms with Crippen molar-refractivity contribution in [3.63, 3.8) is 0 Å². The highest BCUT2D eigenvalue weighted by atomic mass is 16.1. The molecule has 0 heterocycles. The molecule has 0 spiro atoms. The van der Waals surface area contributed by atoms with Crippen LogP contribution in [-0.2, 0) is 4.79 Å². The first-order valence-corrected chi connectivity index (χ1v) is 5.37. The molecule has 0 saturated carbocycles. The Morgan fingerprint density at radius 2 is 1.88 bits per heavy atom. The van der Waals surface area contributed by atoms with Gasteiger partial charge in [0.15, 0.2) is 0 Å². The van der Waals surface area contributed by atoms with Crippen molar-refractivity contribution < 1.29 is 10.5 Å². The zero-order chi connectivity index (χ0) is 11.4. The molecular weight excluding hydrogens is 200 g/mol. The highest BCUT2D eigenvalue weighted by molar-refractivity contribution is 5.94. The molecule has 0 fully saturated rings. The van der Waals surface area contributed by atoms with E-state index >= 15 is 0 Å². The van der Waals surface area contributed by atoms with Crippen LogP contribution >= 0.6 is 0 Å². The normalized spacial score (nSPS) is 10.3. The van der Waals surface area contributed by atoms with Crippen LogP contribution in [0.2, 0.25) is 0 Å². The zero-order valence-corrected chi connectivity index (χ0v) is 9.07. The molecule has 2 aromatic carbocycles. The predicted octanol–water partition coefficient (Wildman–Crippen LogP) is 1.41. The van der Waals surface area contributed by atoms with Crippen molar-refractivity contribution in [2.75, 3.05) is 11.9 Å². The fourth-order valence-electron chi connectivity index (χ4n) is 1.65. The number of carbonyl (C=O) groups is 1. The topological polar surface area (TPSA) is 56.7 Å². The minimum atomic E-state index is 0.0188. The van der Waals surface area contributed by atoms with Crippen molar-refractivity contribution in [2.24, 2.45) is 0 Å². The summed E-state index contributed by atoms with van der Waals surface area (Å²) in [6, 6.07) is 14.0. The number of fused-ring (bicyclic) bond motifs is 1. The van der Waals surface area contributed by atoms with E-state index < -0.39 is 0 Å². The second-order valence-corrected chi connectivity index (χ2v) is 3.71. The maximum absolute atomic E-state index is 11.4. The van der Waals surface area contributed by atoms with Crippen LogP contribution in [0.25, 0.3) is 10.8 Å². The van der Waals surface area contributed by atoms with Gasteiger partial charge < -0.3 is 11.1 Å². The molecule has 0 saturated heterocycles. The fraction of sp³-hybridized carbons (Fsp3) is 0.154. The third-order valence-corrected chi connectivity index (χ3v) is 2.44. The third kappa shape index (κ3) is 2.38. The van der Waals surface area contributed by atoms with Gasteiger partial charge in [-0.15, -0.1) is 0 Å². The number of anilines is 1. The minimum Gasteiger partial charge on any atom is -0.357 e. The highest BCUT2D eigenvalue weighted by Crippen LogP contribution is 2.18. The molecule has 0 aliphatic rings. The Kier molecular flexibility index (Phi) is 3.17. The summed E-state index contributed by atoms with van der Waals surface area (Å²) < 4.78 is 0. The van der Waals surface area contributed by atoms with E-state index in [4.69, 9.17) is 0 Å². The van der Waals surface area contributed by atoms with Gasteiger partial charge in [-0.1, -0.05) is 30.3 Å². The molecular formula is C13H15N2O+. The number of rotatable bonds is 3. The maximum Gasteiger partial charge on any atom is 0.230 e. The summed E-state index contributed by atoms with van der Waals surface area (Å²) in [6.07, 6.45) is 0.465. The Labute approximate surface area is 94.3 Å². The summed E-state index contributed by atoms with van der Waals surface area (Å²) in [6.45, 7) is 0.624. The van der Waals surface area contributed by atoms with Gasteiger partial charge in [0.1, 0.15) is 0 Å². The van der Waals surface area contributed by atoms with Crippen molar-refractivity contribution in [3.05, 3.63) is 42.5 Å². The van der Waals surface area contributed by atoms with Gasteiger partial charge in [0.2, 0.25) is 5.91 Å². The largest absolute Gasteiger partial charge is 0.357 e. The number of hydrogen-bond acceptors (Lipinski definition) is 1. The maximum atomic E-state index is 11.4. The first-order valence-electron chi connectivity index (χ1n) is 5.37. The molecule has 0 radical (unpaired) electrons. The van der Waals surface area contributed by atoms with Gasteiger partial charge in [0.05, 0.1) is 13.0 Å². The van der Waals surface area contributed by atoms with E-state index in [1.807, 2.05) is 36.4 Å². The molecule has 0 atom stereocenters. The molecule has 3 nitrogen and oxygen atoms in total. The van der Waals surface area contributed by atoms with Crippen molar-refractivity contribution >= 4 is 22.4 Å². The molecule has 0 unspecified atom stereocenters. The van der Waals surface area contributed by atoms with Crippen LogP contribution < -0.4 is 11.1 Å². The molecule has 16 heavy (non-hydrogen) atoms. The van der Waals surface area contributed by atoms with E-state index in [0.717, 1.165) is 11.1 Å². The molecule has 2 aromatic rings. The van der Waals surface area contributed by atoms with E-state index in [0.29, 0.717) is 13.0 Å². The SMILES string of the molecule is [NH3+]CCC(=O)Nc1ccc2ccccc2c1. The summed E-state index contributed by atoms with van der Waals surface area (Å²) in [4.78, 5) is 11.4. The first-order chi connectivity index (χ1) is 7.79. The molecule has 82 valence electrons. The van der Waals surface area contributed by atoms with Gasteiger partial charge in [-0.3, -0.25) is 4.79 Å². The zero-order valence-electron chi connectivity index (χ0n) is 9.07. The lowest BCUT2D eigenvalue weighted by molar-refractivity contribution is -0.365. The number of carbonyl (C=O) groups excluding carboxylic acids is 1. The summed E-state index contributed by atoms with van der Waals surface area (Å²) in [5.41, 5.74) is 4.50. The Hall–Kier alpha value is -1.87. The summed E-state index contributed by atoms with van der Waals surface area (Å²) in [7, 11) is 0. The number of hydrogen-bond donors (Lipinski definition) is 2. The molecule has 0 aliphatic heterocycles. The van der Waals surface area contributed by atoms with E-state index in [1.165, 1.54) is 5.39 Å². The Morgan fingerprint density at radius 3 is 2.62 bits per heavy atom. The Morgan fingerprint density at radius 1 is 1.12 bits per heavy atom. The van der Waals surface area contributed by atoms with Crippen molar-refractivity contribution in [2.45, 2.75) is 6.42 Å². The smallest absolute Gasteiger partial charge is 0.230 e. The van der Waals surface area contributed by atoms with Gasteiger partial charge in [-0.05, 0) is 22.9 Å². The van der Waals surface area contributed by atoms with E-state index in [2.05, 4.69) is 17.1 Å². The Balaban J connectivity index is 2.22. The van der Waals surface area contributed by atoms with Gasteiger partial charge >= 0.3 is 0 Å². The molecule has 2 rings (SSSR count). The van der Waals surface area contributed by atoms with Crippen LogP contribution in [0.1, 0.15) is 6.42 Å². The molecule has 3 heteroatoms. The van der Waals surface area contributed by atoms with Gasteiger partial charge in [-0.25, -0.2) is 0 Å². The second kappa shape index (κ2) is 4.77. The highest BCUT2D eigenvalue weighted by Gasteiger charge is 2.02. The predicted molar refractivity (Wildman–Crippen MR) is 64.9 cm³/mol. The van der Waals surface area contributed by atoms with Crippen molar-refractivity contribution in [3.8, 4) is 0 Å². The third-order valence-electron chi connectivity index (χ3n) is 2.44. The average molecular weight is 215 g/mol. The molecule has 0 bridgehead atoms. The summed E-state index contributed by atoms with van der Waals surface area (Å²) >= 11 is 0. The number of quaternary nitrogens is 1. The minimum absolute atomic E-state index is 0.0188. The fourth-order valence-corrected chi connectivity index (χ4v) is 1.65. The number of nitrogens with one attached hydrogen (secondary N) is 1. The van der Waals surface area contributed by atoms with Crippen molar-refractivity contribution in [1.82, 2.24) is 0 Å². The number of benzene rings is 2. The summed E-state index contributed by atoms with van der Waals surface area (Å²) in [5.74, 6) is 0.0188. The molecule has 0 aromatic heterocycles. The standard InChI is InChI=1S/C13H14N2O/c14-8-7-13(16)15-12-6-5-10-3-1-2-4-11(10)9-12/h1-6,9H,7-8,14H2,(H,15,16)/p+1. The van der Waals surface area contributed by atoms with Crippen LogP contribution in [0, 0.1) is 0 Å². The monoisotopic (exact) mass is 215 g/mol. The van der Waals surface area contributed by atoms with Gasteiger partial charge in [0, 0.05) is 5.69 Å². The van der Waals surface area contributed by atoms with Crippen LogP contribution in [0.15, 0.2) is 42.5 Å². The lowest BCUT2D eigenvalue weighted by Crippen LogP contribution is -2.51. The van der Waals surface area contributed by atoms with Crippen LogP contribution in [0.3, 0.4) is 0 Å². The molecule has 4 N–H and O–H groups in total. The van der Waals surface area contributed by atoms with Gasteiger partial charge in [0.25, 0.3) is 0 Å². The molecule has 0 aliphatic carbocycles. The lowest BCUT2D eigenvalue weighted by atomic mass is 10.1. The second-order valence-electron chi connectivity index (χ2n) is 3.71. The van der Waals surface area contributed by atoms with Gasteiger partial charge in [-0.2, -0.15) is 0 Å². The van der Waals surface area contributed by atoms with E-state index in [9.17, 15) is 4.79 Å². The summed E-state index contributed by atoms with van der Waals surface area (Å²) in [5, 5.41) is 5.17. The van der Waals surface area contributed by atoms with Crippen molar-refractivity contribution in [1.29, 1.82) is 0 Å². The quantitative estimate of drug-likeness (QED) is 0.799. The van der Waals surface area contributed by atoms with E-state index in [-0.39, 0.29) is 5.91 Å². The lowest BCUT2D eigenvalue weighted by Gasteiger charge is -2.05. The van der Waals surface area contributed by atoms with Crippen LogP contribution in [0.4, 0.5) is 5.69 Å². The Bertz CT molecular complexity index is 508. The van der Waals surface area contributed by atoms with E-state index in [1.54, 1.807) is 0 Å². The first kappa shape index (κ1) is 10.6. The number of amides is 1. The molecule has 1 amide bonds. The average Bonchev–Trinajstić information content (AvgIpc) is 2.29.